The maximum Gasteiger partial charge on any atom is 0.0992 e. The minimum atomic E-state index is 0.648. The highest BCUT2D eigenvalue weighted by Gasteiger charge is 2.22. The quantitative estimate of drug-likeness (QED) is 0.151. The van der Waals surface area contributed by atoms with E-state index < -0.39 is 0 Å². The number of hydrogen-bond donors (Lipinski definition) is 0. The van der Waals surface area contributed by atoms with Gasteiger partial charge in [-0.05, 0) is 102 Å². The van der Waals surface area contributed by atoms with E-state index >= 15 is 0 Å². The lowest BCUT2D eigenvalue weighted by molar-refractivity contribution is 1.14. The second kappa shape index (κ2) is 9.75. The van der Waals surface area contributed by atoms with Crippen molar-refractivity contribution in [2.75, 3.05) is 0 Å². The molecule has 10 rings (SSSR count). The topological polar surface area (TPSA) is 41.6 Å². The van der Waals surface area contributed by atoms with Crippen molar-refractivity contribution in [1.82, 2.24) is 9.55 Å². The van der Waals surface area contributed by atoms with Gasteiger partial charge in [-0.2, -0.15) is 5.26 Å². The Bertz CT molecular complexity index is 2850. The van der Waals surface area contributed by atoms with Gasteiger partial charge in [-0.15, -0.1) is 0 Å². The lowest BCUT2D eigenvalue weighted by Crippen LogP contribution is -1.95. The molecular weight excluding hydrogens is 571 g/mol. The van der Waals surface area contributed by atoms with E-state index in [2.05, 4.69) is 137 Å². The Kier molecular flexibility index (Phi) is 5.35. The Labute approximate surface area is 270 Å². The molecule has 0 aliphatic rings. The maximum absolute atomic E-state index is 9.93. The van der Waals surface area contributed by atoms with Crippen LogP contribution in [0.15, 0.2) is 152 Å². The van der Waals surface area contributed by atoms with E-state index in [1.165, 1.54) is 65.2 Å². The first-order valence-electron chi connectivity index (χ1n) is 15.9. The number of aromatic nitrogens is 2. The molecule has 3 heteroatoms. The largest absolute Gasteiger partial charge is 0.308 e. The molecule has 47 heavy (non-hydrogen) atoms. The molecular formula is C44H25N3. The molecule has 0 spiro atoms. The van der Waals surface area contributed by atoms with Crippen molar-refractivity contribution >= 4 is 64.9 Å². The zero-order valence-corrected chi connectivity index (χ0v) is 25.3. The lowest BCUT2D eigenvalue weighted by atomic mass is 9.84. The Morgan fingerprint density at radius 3 is 1.81 bits per heavy atom. The smallest absolute Gasteiger partial charge is 0.0992 e. The molecule has 0 bridgehead atoms. The second-order valence-corrected chi connectivity index (χ2v) is 12.3. The van der Waals surface area contributed by atoms with Gasteiger partial charge in [-0.3, -0.25) is 4.98 Å². The zero-order valence-electron chi connectivity index (χ0n) is 25.3. The SMILES string of the molecule is N#Cc1cc2ccc3cc(-c4c5ccccc5c(-c5cccc6ccccc56)c5ccccc45)cc4c3c2c(c1)n4-c1cccnc1. The van der Waals surface area contributed by atoms with Gasteiger partial charge < -0.3 is 4.57 Å². The Hall–Kier alpha value is -6.50. The summed E-state index contributed by atoms with van der Waals surface area (Å²) >= 11 is 0. The highest BCUT2D eigenvalue weighted by Crippen LogP contribution is 2.47. The van der Waals surface area contributed by atoms with Crippen molar-refractivity contribution in [2.24, 2.45) is 0 Å². The number of fused-ring (bicyclic) bond motifs is 3. The van der Waals surface area contributed by atoms with Gasteiger partial charge in [0.05, 0.1) is 34.6 Å². The molecule has 0 aliphatic heterocycles. The van der Waals surface area contributed by atoms with Crippen LogP contribution >= 0.6 is 0 Å². The van der Waals surface area contributed by atoms with Crippen molar-refractivity contribution in [1.29, 1.82) is 5.26 Å². The highest BCUT2D eigenvalue weighted by atomic mass is 15.0. The Balaban J connectivity index is 1.37. The molecule has 0 amide bonds. The molecule has 8 aromatic carbocycles. The lowest BCUT2D eigenvalue weighted by Gasteiger charge is -2.19. The van der Waals surface area contributed by atoms with Crippen LogP contribution in [0.2, 0.25) is 0 Å². The Morgan fingerprint density at radius 2 is 1.13 bits per heavy atom. The first-order valence-corrected chi connectivity index (χ1v) is 15.9. The van der Waals surface area contributed by atoms with Crippen molar-refractivity contribution in [3.63, 3.8) is 0 Å². The molecule has 0 saturated carbocycles. The van der Waals surface area contributed by atoms with Crippen LogP contribution in [0.5, 0.6) is 0 Å². The van der Waals surface area contributed by atoms with Crippen molar-refractivity contribution in [2.45, 2.75) is 0 Å². The van der Waals surface area contributed by atoms with E-state index in [0.717, 1.165) is 27.7 Å². The van der Waals surface area contributed by atoms with Crippen LogP contribution in [0.1, 0.15) is 5.56 Å². The molecule has 2 heterocycles. The van der Waals surface area contributed by atoms with E-state index in [1.807, 2.05) is 24.4 Å². The van der Waals surface area contributed by atoms with Crippen LogP contribution in [0.4, 0.5) is 0 Å². The molecule has 0 unspecified atom stereocenters. The fourth-order valence-electron chi connectivity index (χ4n) is 7.91. The molecule has 10 aromatic rings. The van der Waals surface area contributed by atoms with Crippen LogP contribution in [0, 0.1) is 11.3 Å². The van der Waals surface area contributed by atoms with E-state index in [1.54, 1.807) is 6.20 Å². The number of rotatable bonds is 3. The molecule has 0 aliphatic carbocycles. The minimum absolute atomic E-state index is 0.648. The van der Waals surface area contributed by atoms with Gasteiger partial charge in [-0.25, -0.2) is 0 Å². The van der Waals surface area contributed by atoms with Crippen LogP contribution in [-0.2, 0) is 0 Å². The predicted molar refractivity (Wildman–Crippen MR) is 195 cm³/mol. The Morgan fingerprint density at radius 1 is 0.511 bits per heavy atom. The summed E-state index contributed by atoms with van der Waals surface area (Å²) in [6.45, 7) is 0. The van der Waals surface area contributed by atoms with Crippen LogP contribution in [0.3, 0.4) is 0 Å². The fraction of sp³-hybridized carbons (Fsp3) is 0. The summed E-state index contributed by atoms with van der Waals surface area (Å²) in [4.78, 5) is 4.48. The highest BCUT2D eigenvalue weighted by molar-refractivity contribution is 6.28. The molecule has 0 fully saturated rings. The van der Waals surface area contributed by atoms with Crippen LogP contribution in [-0.4, -0.2) is 9.55 Å². The number of pyridine rings is 1. The number of hydrogen-bond acceptors (Lipinski definition) is 2. The average molecular weight is 596 g/mol. The van der Waals surface area contributed by atoms with Crippen molar-refractivity contribution in [3.05, 3.63) is 157 Å². The van der Waals surface area contributed by atoms with Gasteiger partial charge in [0.25, 0.3) is 0 Å². The molecule has 3 nitrogen and oxygen atoms in total. The fourth-order valence-corrected chi connectivity index (χ4v) is 7.91. The van der Waals surface area contributed by atoms with Gasteiger partial charge in [0.2, 0.25) is 0 Å². The van der Waals surface area contributed by atoms with E-state index in [-0.39, 0.29) is 0 Å². The molecule has 0 atom stereocenters. The first-order chi connectivity index (χ1) is 23.3. The molecule has 0 radical (unpaired) electrons. The summed E-state index contributed by atoms with van der Waals surface area (Å²) in [6.07, 6.45) is 3.70. The van der Waals surface area contributed by atoms with Crippen LogP contribution in [0.25, 0.3) is 92.8 Å². The number of nitriles is 1. The van der Waals surface area contributed by atoms with Gasteiger partial charge in [0, 0.05) is 17.0 Å². The monoisotopic (exact) mass is 595 g/mol. The van der Waals surface area contributed by atoms with Crippen LogP contribution < -0.4 is 0 Å². The van der Waals surface area contributed by atoms with E-state index in [9.17, 15) is 5.26 Å². The third-order valence-electron chi connectivity index (χ3n) is 9.78. The minimum Gasteiger partial charge on any atom is -0.308 e. The van der Waals surface area contributed by atoms with Crippen molar-refractivity contribution < 1.29 is 0 Å². The molecule has 216 valence electrons. The maximum atomic E-state index is 9.93. The number of benzene rings is 8. The zero-order chi connectivity index (χ0) is 31.1. The molecule has 2 aromatic heterocycles. The van der Waals surface area contributed by atoms with Gasteiger partial charge in [0.15, 0.2) is 0 Å². The molecule has 0 saturated heterocycles. The summed E-state index contributed by atoms with van der Waals surface area (Å²) in [5, 5.41) is 21.9. The van der Waals surface area contributed by atoms with E-state index in [4.69, 9.17) is 0 Å². The summed E-state index contributed by atoms with van der Waals surface area (Å²) in [5.74, 6) is 0. The standard InChI is InChI=1S/C44H25N3/c45-25-27-21-29-18-19-30-23-31(24-40-43(30)42(29)39(22-27)47(40)32-11-8-20-46-26-32)41-35-13-3-5-15-37(35)44(38-16-6-4-14-36(38)41)34-17-7-10-28-9-1-2-12-33(28)34/h1-24,26H. The van der Waals surface area contributed by atoms with Gasteiger partial charge in [-0.1, -0.05) is 103 Å². The predicted octanol–water partition coefficient (Wildman–Crippen LogP) is 11.4. The summed E-state index contributed by atoms with van der Waals surface area (Å²) in [6, 6.07) is 52.5. The molecule has 0 N–H and O–H groups in total. The normalized spacial score (nSPS) is 11.8. The van der Waals surface area contributed by atoms with Gasteiger partial charge in [0.1, 0.15) is 0 Å². The third-order valence-corrected chi connectivity index (χ3v) is 9.78. The van der Waals surface area contributed by atoms with E-state index in [0.29, 0.717) is 5.56 Å². The van der Waals surface area contributed by atoms with Crippen molar-refractivity contribution in [3.8, 4) is 34.0 Å². The van der Waals surface area contributed by atoms with Gasteiger partial charge >= 0.3 is 0 Å². The summed E-state index contributed by atoms with van der Waals surface area (Å²) < 4.78 is 2.27. The second-order valence-electron chi connectivity index (χ2n) is 12.3. The first kappa shape index (κ1) is 25.8. The summed E-state index contributed by atoms with van der Waals surface area (Å²) in [5.41, 5.74) is 8.63. The summed E-state index contributed by atoms with van der Waals surface area (Å²) in [7, 11) is 0. The number of nitrogens with zero attached hydrogens (tertiary/aromatic N) is 3. The third kappa shape index (κ3) is 3.64. The average Bonchev–Trinajstić information content (AvgIpc) is 3.47.